The van der Waals surface area contributed by atoms with E-state index < -0.39 is 0 Å². The number of hydrogen-bond donors (Lipinski definition) is 1. The highest BCUT2D eigenvalue weighted by Crippen LogP contribution is 2.51. The highest BCUT2D eigenvalue weighted by Gasteiger charge is 2.44. The van der Waals surface area contributed by atoms with Crippen molar-refractivity contribution in [1.29, 1.82) is 0 Å². The zero-order valence-corrected chi connectivity index (χ0v) is 12.4. The van der Waals surface area contributed by atoms with E-state index in [-0.39, 0.29) is 4.87 Å². The molecule has 98 valence electrons. The Morgan fingerprint density at radius 2 is 1.89 bits per heavy atom. The van der Waals surface area contributed by atoms with Crippen molar-refractivity contribution in [3.8, 4) is 0 Å². The molecule has 1 nitrogen and oxygen atoms in total. The number of rotatable bonds is 0. The SMILES string of the molecule is CC1CCSC2(CCC(C)(C)c3ccccc32)N1. The average Bonchev–Trinajstić information content (AvgIpc) is 2.36. The smallest absolute Gasteiger partial charge is 0.0906 e. The van der Waals surface area contributed by atoms with Gasteiger partial charge in [-0.1, -0.05) is 38.1 Å². The van der Waals surface area contributed by atoms with Crippen LogP contribution in [0.15, 0.2) is 24.3 Å². The lowest BCUT2D eigenvalue weighted by Crippen LogP contribution is -2.52. The summed E-state index contributed by atoms with van der Waals surface area (Å²) in [5.74, 6) is 1.28. The van der Waals surface area contributed by atoms with E-state index in [1.807, 2.05) is 0 Å². The van der Waals surface area contributed by atoms with Crippen LogP contribution in [0.4, 0.5) is 0 Å². The minimum atomic E-state index is 0.184. The summed E-state index contributed by atoms with van der Waals surface area (Å²) in [5, 5.41) is 3.89. The average molecular weight is 261 g/mol. The molecule has 0 aromatic heterocycles. The van der Waals surface area contributed by atoms with E-state index >= 15 is 0 Å². The highest BCUT2D eigenvalue weighted by molar-refractivity contribution is 8.00. The molecule has 3 rings (SSSR count). The van der Waals surface area contributed by atoms with Crippen molar-refractivity contribution >= 4 is 11.8 Å². The first-order valence-electron chi connectivity index (χ1n) is 7.05. The lowest BCUT2D eigenvalue weighted by Gasteiger charge is -2.49. The molecule has 1 aliphatic heterocycles. The molecule has 0 saturated carbocycles. The summed E-state index contributed by atoms with van der Waals surface area (Å²) in [6.45, 7) is 7.09. The maximum Gasteiger partial charge on any atom is 0.0906 e. The van der Waals surface area contributed by atoms with Gasteiger partial charge in [-0.25, -0.2) is 0 Å². The molecule has 1 spiro atoms. The van der Waals surface area contributed by atoms with Crippen molar-refractivity contribution in [2.75, 3.05) is 5.75 Å². The van der Waals surface area contributed by atoms with Crippen LogP contribution in [0.25, 0.3) is 0 Å². The maximum atomic E-state index is 3.89. The number of nitrogens with one attached hydrogen (secondary N) is 1. The van der Waals surface area contributed by atoms with Crippen molar-refractivity contribution < 1.29 is 0 Å². The van der Waals surface area contributed by atoms with E-state index in [9.17, 15) is 0 Å². The Labute approximate surface area is 115 Å². The predicted octanol–water partition coefficient (Wildman–Crippen LogP) is 4.03. The second-order valence-corrected chi connectivity index (χ2v) is 7.83. The van der Waals surface area contributed by atoms with E-state index in [1.165, 1.54) is 30.6 Å². The summed E-state index contributed by atoms with van der Waals surface area (Å²) < 4.78 is 0. The monoisotopic (exact) mass is 261 g/mol. The van der Waals surface area contributed by atoms with Crippen LogP contribution in [-0.4, -0.2) is 11.8 Å². The van der Waals surface area contributed by atoms with Crippen molar-refractivity contribution in [3.05, 3.63) is 35.4 Å². The van der Waals surface area contributed by atoms with E-state index in [0.717, 1.165) is 0 Å². The molecular formula is C16H23NS. The third kappa shape index (κ3) is 1.90. The summed E-state index contributed by atoms with van der Waals surface area (Å²) in [4.78, 5) is 0.184. The Bertz CT molecular complexity index is 454. The van der Waals surface area contributed by atoms with Crippen LogP contribution >= 0.6 is 11.8 Å². The zero-order valence-electron chi connectivity index (χ0n) is 11.6. The number of hydrogen-bond acceptors (Lipinski definition) is 2. The van der Waals surface area contributed by atoms with Gasteiger partial charge in [-0.15, -0.1) is 11.8 Å². The Morgan fingerprint density at radius 3 is 2.61 bits per heavy atom. The van der Waals surface area contributed by atoms with Gasteiger partial charge in [0.25, 0.3) is 0 Å². The van der Waals surface area contributed by atoms with Gasteiger partial charge in [0, 0.05) is 6.04 Å². The van der Waals surface area contributed by atoms with E-state index in [2.05, 4.69) is 62.1 Å². The minimum absolute atomic E-state index is 0.184. The van der Waals surface area contributed by atoms with Gasteiger partial charge in [0.2, 0.25) is 0 Å². The summed E-state index contributed by atoms with van der Waals surface area (Å²) >= 11 is 2.12. The molecule has 1 saturated heterocycles. The molecule has 1 aliphatic carbocycles. The molecule has 0 bridgehead atoms. The molecular weight excluding hydrogens is 238 g/mol. The summed E-state index contributed by atoms with van der Waals surface area (Å²) in [6.07, 6.45) is 3.82. The second kappa shape index (κ2) is 4.28. The first-order chi connectivity index (χ1) is 8.54. The first-order valence-corrected chi connectivity index (χ1v) is 8.04. The fraction of sp³-hybridized carbons (Fsp3) is 0.625. The van der Waals surface area contributed by atoms with Crippen molar-refractivity contribution in [3.63, 3.8) is 0 Å². The minimum Gasteiger partial charge on any atom is -0.297 e. The molecule has 1 N–H and O–H groups in total. The molecule has 2 atom stereocenters. The topological polar surface area (TPSA) is 12.0 Å². The Hall–Kier alpha value is -0.470. The summed E-state index contributed by atoms with van der Waals surface area (Å²) in [5.41, 5.74) is 3.41. The molecule has 2 aliphatic rings. The molecule has 18 heavy (non-hydrogen) atoms. The van der Waals surface area contributed by atoms with Gasteiger partial charge in [0.05, 0.1) is 4.87 Å². The number of benzene rings is 1. The molecule has 1 heterocycles. The quantitative estimate of drug-likeness (QED) is 0.757. The van der Waals surface area contributed by atoms with Crippen LogP contribution in [0, 0.1) is 0 Å². The predicted molar refractivity (Wildman–Crippen MR) is 80.1 cm³/mol. The first kappa shape index (κ1) is 12.6. The third-order valence-electron chi connectivity index (χ3n) is 4.57. The standard InChI is InChI=1S/C16H23NS/c1-12-8-11-18-16(17-12)10-9-15(2,3)13-6-4-5-7-14(13)16/h4-7,12,17H,8-11H2,1-3H3. The van der Waals surface area contributed by atoms with Crippen LogP contribution in [-0.2, 0) is 10.3 Å². The van der Waals surface area contributed by atoms with Crippen LogP contribution in [0.5, 0.6) is 0 Å². The van der Waals surface area contributed by atoms with Crippen molar-refractivity contribution in [2.24, 2.45) is 0 Å². The Kier molecular flexibility index (Phi) is 2.98. The van der Waals surface area contributed by atoms with Crippen molar-refractivity contribution in [1.82, 2.24) is 5.32 Å². The maximum absolute atomic E-state index is 3.89. The normalized spacial score (nSPS) is 34.3. The fourth-order valence-corrected chi connectivity index (χ4v) is 5.09. The van der Waals surface area contributed by atoms with E-state index in [4.69, 9.17) is 0 Å². The van der Waals surface area contributed by atoms with Crippen LogP contribution in [0.2, 0.25) is 0 Å². The van der Waals surface area contributed by atoms with Gasteiger partial charge < -0.3 is 0 Å². The van der Waals surface area contributed by atoms with Crippen LogP contribution in [0.1, 0.15) is 51.2 Å². The van der Waals surface area contributed by atoms with Gasteiger partial charge in [0.1, 0.15) is 0 Å². The summed E-state index contributed by atoms with van der Waals surface area (Å²) in [6, 6.07) is 9.70. The van der Waals surface area contributed by atoms with Gasteiger partial charge in [-0.05, 0) is 48.5 Å². The molecule has 0 amide bonds. The Morgan fingerprint density at radius 1 is 1.17 bits per heavy atom. The molecule has 1 aromatic rings. The van der Waals surface area contributed by atoms with Crippen LogP contribution < -0.4 is 5.32 Å². The Balaban J connectivity index is 2.09. The van der Waals surface area contributed by atoms with Gasteiger partial charge in [-0.2, -0.15) is 0 Å². The van der Waals surface area contributed by atoms with E-state index in [1.54, 1.807) is 5.56 Å². The fourth-order valence-electron chi connectivity index (χ4n) is 3.40. The number of fused-ring (bicyclic) bond motifs is 2. The van der Waals surface area contributed by atoms with Gasteiger partial charge in [-0.3, -0.25) is 5.32 Å². The molecule has 1 aromatic carbocycles. The van der Waals surface area contributed by atoms with Gasteiger partial charge in [0.15, 0.2) is 0 Å². The molecule has 0 radical (unpaired) electrons. The van der Waals surface area contributed by atoms with Gasteiger partial charge >= 0.3 is 0 Å². The zero-order chi connectivity index (χ0) is 12.8. The highest BCUT2D eigenvalue weighted by atomic mass is 32.2. The second-order valence-electron chi connectivity index (χ2n) is 6.44. The van der Waals surface area contributed by atoms with E-state index in [0.29, 0.717) is 11.5 Å². The lowest BCUT2D eigenvalue weighted by molar-refractivity contribution is 0.300. The largest absolute Gasteiger partial charge is 0.297 e. The molecule has 2 heteroatoms. The molecule has 1 fully saturated rings. The third-order valence-corrected chi connectivity index (χ3v) is 6.05. The molecule has 2 unspecified atom stereocenters. The number of thioether (sulfide) groups is 1. The summed E-state index contributed by atoms with van der Waals surface area (Å²) in [7, 11) is 0. The lowest BCUT2D eigenvalue weighted by atomic mass is 9.70. The van der Waals surface area contributed by atoms with Crippen LogP contribution in [0.3, 0.4) is 0 Å². The van der Waals surface area contributed by atoms with Crippen molar-refractivity contribution in [2.45, 2.75) is 56.4 Å².